The van der Waals surface area contributed by atoms with Gasteiger partial charge >= 0.3 is 0 Å². The number of hydrogen-bond acceptors (Lipinski definition) is 2. The van der Waals surface area contributed by atoms with E-state index in [1.54, 1.807) is 0 Å². The standard InChI is InChI=1S/C15H23NO.ClH/c1-2-6-14(7-3-1)9-5-11-17-13-15-8-4-10-16-12-15;/h1-3,6-7,15-16H,4-5,8-13H2;1H/p-1. The molecule has 0 amide bonds. The summed E-state index contributed by atoms with van der Waals surface area (Å²) in [7, 11) is 0. The van der Waals surface area contributed by atoms with Gasteiger partial charge in [-0.25, -0.2) is 0 Å². The third-order valence-corrected chi connectivity index (χ3v) is 3.35. The average molecular weight is 269 g/mol. The average Bonchev–Trinajstić information content (AvgIpc) is 2.41. The van der Waals surface area contributed by atoms with E-state index >= 15 is 0 Å². The van der Waals surface area contributed by atoms with Crippen LogP contribution in [0.1, 0.15) is 24.8 Å². The van der Waals surface area contributed by atoms with Crippen molar-refractivity contribution in [3.63, 3.8) is 0 Å². The van der Waals surface area contributed by atoms with Gasteiger partial charge in [0, 0.05) is 13.2 Å². The molecule has 0 aromatic heterocycles. The van der Waals surface area contributed by atoms with Gasteiger partial charge in [0.1, 0.15) is 0 Å². The van der Waals surface area contributed by atoms with Crippen LogP contribution in [0.3, 0.4) is 0 Å². The minimum absolute atomic E-state index is 0. The van der Waals surface area contributed by atoms with Crippen LogP contribution in [0.5, 0.6) is 0 Å². The molecule has 1 fully saturated rings. The molecule has 0 bridgehead atoms. The molecule has 3 heteroatoms. The van der Waals surface area contributed by atoms with Crippen LogP contribution in [0, 0.1) is 5.92 Å². The number of ether oxygens (including phenoxy) is 1. The van der Waals surface area contributed by atoms with E-state index in [-0.39, 0.29) is 12.4 Å². The largest absolute Gasteiger partial charge is 1.00 e. The van der Waals surface area contributed by atoms with Crippen molar-refractivity contribution in [2.75, 3.05) is 26.3 Å². The lowest BCUT2D eigenvalue weighted by molar-refractivity contribution is -0.00000423. The molecular weight excluding hydrogens is 246 g/mol. The molecule has 102 valence electrons. The maximum atomic E-state index is 5.75. The van der Waals surface area contributed by atoms with Crippen LogP contribution in [0.25, 0.3) is 0 Å². The second-order valence-corrected chi connectivity index (χ2v) is 4.88. The Labute approximate surface area is 117 Å². The highest BCUT2D eigenvalue weighted by Crippen LogP contribution is 2.10. The minimum atomic E-state index is 0. The van der Waals surface area contributed by atoms with Gasteiger partial charge < -0.3 is 22.5 Å². The molecule has 1 aromatic carbocycles. The molecular formula is C15H23ClNO-. The topological polar surface area (TPSA) is 21.3 Å². The van der Waals surface area contributed by atoms with Gasteiger partial charge in [0.25, 0.3) is 0 Å². The lowest BCUT2D eigenvalue weighted by Crippen LogP contribution is -3.00. The van der Waals surface area contributed by atoms with Gasteiger partial charge in [0.2, 0.25) is 0 Å². The van der Waals surface area contributed by atoms with Crippen molar-refractivity contribution >= 4 is 0 Å². The molecule has 2 nitrogen and oxygen atoms in total. The van der Waals surface area contributed by atoms with Crippen LogP contribution in [-0.4, -0.2) is 26.3 Å². The number of halogens is 1. The SMILES string of the molecule is [Cl-].c1ccc(CCCOCC2CCCNC2)cc1. The van der Waals surface area contributed by atoms with Crippen molar-refractivity contribution in [2.24, 2.45) is 5.92 Å². The summed E-state index contributed by atoms with van der Waals surface area (Å²) >= 11 is 0. The maximum absolute atomic E-state index is 5.75. The summed E-state index contributed by atoms with van der Waals surface area (Å²) < 4.78 is 5.75. The van der Waals surface area contributed by atoms with Crippen molar-refractivity contribution in [1.29, 1.82) is 0 Å². The fourth-order valence-corrected chi connectivity index (χ4v) is 2.34. The fourth-order valence-electron chi connectivity index (χ4n) is 2.34. The zero-order chi connectivity index (χ0) is 11.8. The van der Waals surface area contributed by atoms with Crippen LogP contribution in [-0.2, 0) is 11.2 Å². The van der Waals surface area contributed by atoms with Gasteiger partial charge in [-0.05, 0) is 43.7 Å². The van der Waals surface area contributed by atoms with Gasteiger partial charge in [0.15, 0.2) is 0 Å². The third kappa shape index (κ3) is 5.85. The molecule has 0 aliphatic carbocycles. The Morgan fingerprint density at radius 1 is 1.22 bits per heavy atom. The Bertz CT molecular complexity index is 299. The van der Waals surface area contributed by atoms with Gasteiger partial charge in [-0.3, -0.25) is 0 Å². The summed E-state index contributed by atoms with van der Waals surface area (Å²) in [4.78, 5) is 0. The molecule has 0 radical (unpaired) electrons. The highest BCUT2D eigenvalue weighted by Gasteiger charge is 2.12. The summed E-state index contributed by atoms with van der Waals surface area (Å²) in [6.07, 6.45) is 4.89. The van der Waals surface area contributed by atoms with E-state index in [1.165, 1.54) is 24.9 Å². The van der Waals surface area contributed by atoms with E-state index in [1.807, 2.05) is 0 Å². The first-order valence-electron chi connectivity index (χ1n) is 6.77. The van der Waals surface area contributed by atoms with Crippen LogP contribution in [0.4, 0.5) is 0 Å². The summed E-state index contributed by atoms with van der Waals surface area (Å²) in [5.41, 5.74) is 1.41. The molecule has 1 heterocycles. The molecule has 18 heavy (non-hydrogen) atoms. The number of rotatable bonds is 6. The zero-order valence-corrected chi connectivity index (χ0v) is 11.7. The lowest BCUT2D eigenvalue weighted by atomic mass is 10.0. The molecule has 2 rings (SSSR count). The summed E-state index contributed by atoms with van der Waals surface area (Å²) in [5, 5.41) is 3.42. The highest BCUT2D eigenvalue weighted by atomic mass is 35.5. The van der Waals surface area contributed by atoms with Gasteiger partial charge in [0.05, 0.1) is 6.61 Å². The van der Waals surface area contributed by atoms with Crippen LogP contribution < -0.4 is 17.7 Å². The Hall–Kier alpha value is -0.570. The van der Waals surface area contributed by atoms with Crippen molar-refractivity contribution in [3.8, 4) is 0 Å². The summed E-state index contributed by atoms with van der Waals surface area (Å²) in [5.74, 6) is 0.737. The van der Waals surface area contributed by atoms with Crippen molar-refractivity contribution in [1.82, 2.24) is 5.32 Å². The first kappa shape index (κ1) is 15.5. The van der Waals surface area contributed by atoms with E-state index in [0.29, 0.717) is 0 Å². The smallest absolute Gasteiger partial charge is 0.0506 e. The van der Waals surface area contributed by atoms with E-state index in [4.69, 9.17) is 4.74 Å². The Balaban J connectivity index is 0.00000162. The summed E-state index contributed by atoms with van der Waals surface area (Å²) in [6, 6.07) is 10.6. The minimum Gasteiger partial charge on any atom is -1.00 e. The normalized spacial score (nSPS) is 19.2. The third-order valence-electron chi connectivity index (χ3n) is 3.35. The van der Waals surface area contributed by atoms with Gasteiger partial charge in [-0.15, -0.1) is 0 Å². The second-order valence-electron chi connectivity index (χ2n) is 4.88. The van der Waals surface area contributed by atoms with E-state index in [9.17, 15) is 0 Å². The number of nitrogens with one attached hydrogen (secondary N) is 1. The quantitative estimate of drug-likeness (QED) is 0.712. The maximum Gasteiger partial charge on any atom is 0.0506 e. The Morgan fingerprint density at radius 2 is 2.06 bits per heavy atom. The first-order valence-corrected chi connectivity index (χ1v) is 6.77. The van der Waals surface area contributed by atoms with Crippen LogP contribution in [0.15, 0.2) is 30.3 Å². The molecule has 1 aliphatic rings. The van der Waals surface area contributed by atoms with Crippen LogP contribution >= 0.6 is 0 Å². The Morgan fingerprint density at radius 3 is 2.78 bits per heavy atom. The number of hydrogen-bond donors (Lipinski definition) is 1. The number of aryl methyl sites for hydroxylation is 1. The number of benzene rings is 1. The Kier molecular flexibility index (Phi) is 8.06. The van der Waals surface area contributed by atoms with E-state index < -0.39 is 0 Å². The molecule has 1 aliphatic heterocycles. The van der Waals surface area contributed by atoms with Crippen LogP contribution in [0.2, 0.25) is 0 Å². The highest BCUT2D eigenvalue weighted by molar-refractivity contribution is 5.14. The molecule has 1 atom stereocenters. The van der Waals surface area contributed by atoms with Gasteiger partial charge in [-0.1, -0.05) is 30.3 Å². The second kappa shape index (κ2) is 9.37. The molecule has 1 N–H and O–H groups in total. The van der Waals surface area contributed by atoms with Crippen molar-refractivity contribution < 1.29 is 17.1 Å². The zero-order valence-electron chi connectivity index (χ0n) is 10.9. The molecule has 0 spiro atoms. The first-order chi connectivity index (χ1) is 8.45. The van der Waals surface area contributed by atoms with Gasteiger partial charge in [-0.2, -0.15) is 0 Å². The molecule has 1 unspecified atom stereocenters. The molecule has 1 saturated heterocycles. The lowest BCUT2D eigenvalue weighted by Gasteiger charge is -2.22. The predicted molar refractivity (Wildman–Crippen MR) is 71.2 cm³/mol. The van der Waals surface area contributed by atoms with Crippen molar-refractivity contribution in [3.05, 3.63) is 35.9 Å². The fraction of sp³-hybridized carbons (Fsp3) is 0.600. The number of piperidine rings is 1. The molecule has 1 aromatic rings. The predicted octanol–water partition coefficient (Wildman–Crippen LogP) is -0.361. The summed E-state index contributed by atoms with van der Waals surface area (Å²) in [6.45, 7) is 4.15. The van der Waals surface area contributed by atoms with E-state index in [0.717, 1.165) is 38.5 Å². The monoisotopic (exact) mass is 268 g/mol. The van der Waals surface area contributed by atoms with E-state index in [2.05, 4.69) is 35.6 Å². The van der Waals surface area contributed by atoms with Crippen molar-refractivity contribution in [2.45, 2.75) is 25.7 Å². The molecule has 0 saturated carbocycles.